The fraction of sp³-hybridized carbons (Fsp3) is 0.158. The zero-order chi connectivity index (χ0) is 19.8. The number of nitriles is 1. The Morgan fingerprint density at radius 3 is 2.52 bits per heavy atom. The Morgan fingerprint density at radius 2 is 1.81 bits per heavy atom. The molecule has 0 unspecified atom stereocenters. The van der Waals surface area contributed by atoms with Crippen molar-refractivity contribution in [2.24, 2.45) is 0 Å². The number of ether oxygens (including phenoxy) is 1. The standard InChI is InChI=1S/C19H16IN3O4/c1-12(18(25)23-16-9-5-2-6-13(16)10-21)27-17(24)11-22-19(26)14-7-3-4-8-15(14)20/h2-9,12H,11H2,1H3,(H,22,26)(H,23,25)/t12-/m0/s1. The summed E-state index contributed by atoms with van der Waals surface area (Å²) in [6.07, 6.45) is -1.09. The van der Waals surface area contributed by atoms with E-state index in [9.17, 15) is 14.4 Å². The summed E-state index contributed by atoms with van der Waals surface area (Å²) in [4.78, 5) is 36.1. The van der Waals surface area contributed by atoms with Crippen LogP contribution in [-0.4, -0.2) is 30.4 Å². The van der Waals surface area contributed by atoms with Crippen LogP contribution in [0.2, 0.25) is 0 Å². The predicted molar refractivity (Wildman–Crippen MR) is 107 cm³/mol. The van der Waals surface area contributed by atoms with E-state index in [-0.39, 0.29) is 6.54 Å². The molecule has 138 valence electrons. The van der Waals surface area contributed by atoms with Gasteiger partial charge in [0.15, 0.2) is 6.10 Å². The molecule has 2 amide bonds. The van der Waals surface area contributed by atoms with Gasteiger partial charge in [0, 0.05) is 3.57 Å². The number of hydrogen-bond acceptors (Lipinski definition) is 5. The Kier molecular flexibility index (Phi) is 7.31. The molecule has 27 heavy (non-hydrogen) atoms. The van der Waals surface area contributed by atoms with Crippen LogP contribution in [0.4, 0.5) is 5.69 Å². The van der Waals surface area contributed by atoms with Gasteiger partial charge in [-0.2, -0.15) is 5.26 Å². The van der Waals surface area contributed by atoms with Crippen molar-refractivity contribution in [3.05, 3.63) is 63.2 Å². The van der Waals surface area contributed by atoms with Crippen LogP contribution >= 0.6 is 22.6 Å². The number of para-hydroxylation sites is 1. The Bertz CT molecular complexity index is 908. The molecule has 2 rings (SSSR count). The Labute approximate surface area is 169 Å². The van der Waals surface area contributed by atoms with Gasteiger partial charge in [-0.15, -0.1) is 0 Å². The van der Waals surface area contributed by atoms with Crippen molar-refractivity contribution >= 4 is 46.1 Å². The number of carbonyl (C=O) groups is 3. The number of benzene rings is 2. The molecule has 0 fully saturated rings. The van der Waals surface area contributed by atoms with Gasteiger partial charge in [0.25, 0.3) is 11.8 Å². The molecule has 0 aliphatic carbocycles. The summed E-state index contributed by atoms with van der Waals surface area (Å²) in [7, 11) is 0. The average Bonchev–Trinajstić information content (AvgIpc) is 2.66. The SMILES string of the molecule is C[C@H](OC(=O)CNC(=O)c1ccccc1I)C(=O)Nc1ccccc1C#N. The lowest BCUT2D eigenvalue weighted by molar-refractivity contribution is -0.152. The first-order valence-electron chi connectivity index (χ1n) is 7.94. The third kappa shape index (κ3) is 5.79. The van der Waals surface area contributed by atoms with Crippen LogP contribution in [0.1, 0.15) is 22.8 Å². The topological polar surface area (TPSA) is 108 Å². The molecule has 1 atom stereocenters. The lowest BCUT2D eigenvalue weighted by Gasteiger charge is -2.14. The number of rotatable bonds is 6. The average molecular weight is 477 g/mol. The summed E-state index contributed by atoms with van der Waals surface area (Å²) in [5, 5.41) is 14.0. The molecular weight excluding hydrogens is 461 g/mol. The Morgan fingerprint density at radius 1 is 1.15 bits per heavy atom. The lowest BCUT2D eigenvalue weighted by Crippen LogP contribution is -2.36. The van der Waals surface area contributed by atoms with E-state index in [4.69, 9.17) is 10.00 Å². The van der Waals surface area contributed by atoms with Crippen molar-refractivity contribution < 1.29 is 19.1 Å². The number of carbonyl (C=O) groups excluding carboxylic acids is 3. The molecule has 0 aliphatic rings. The van der Waals surface area contributed by atoms with Crippen LogP contribution in [0.3, 0.4) is 0 Å². The van der Waals surface area contributed by atoms with Crippen molar-refractivity contribution in [3.63, 3.8) is 0 Å². The quantitative estimate of drug-likeness (QED) is 0.491. The molecule has 2 aromatic carbocycles. The highest BCUT2D eigenvalue weighted by atomic mass is 127. The first-order valence-corrected chi connectivity index (χ1v) is 9.02. The summed E-state index contributed by atoms with van der Waals surface area (Å²) < 4.78 is 5.78. The Balaban J connectivity index is 1.86. The molecule has 0 spiro atoms. The number of anilines is 1. The number of halogens is 1. The minimum atomic E-state index is -1.09. The summed E-state index contributed by atoms with van der Waals surface area (Å²) >= 11 is 2.02. The first kappa shape index (κ1) is 20.4. The normalized spacial score (nSPS) is 11.0. The molecule has 2 N–H and O–H groups in total. The van der Waals surface area contributed by atoms with E-state index >= 15 is 0 Å². The highest BCUT2D eigenvalue weighted by Gasteiger charge is 2.19. The predicted octanol–water partition coefficient (Wildman–Crippen LogP) is 2.46. The van der Waals surface area contributed by atoms with Gasteiger partial charge in [-0.05, 0) is 53.8 Å². The summed E-state index contributed by atoms with van der Waals surface area (Å²) in [5.74, 6) is -1.72. The molecule has 0 aliphatic heterocycles. The number of hydrogen-bond donors (Lipinski definition) is 2. The smallest absolute Gasteiger partial charge is 0.326 e. The van der Waals surface area contributed by atoms with Crippen LogP contribution in [0, 0.1) is 14.9 Å². The maximum absolute atomic E-state index is 12.1. The van der Waals surface area contributed by atoms with E-state index in [1.165, 1.54) is 6.92 Å². The van der Waals surface area contributed by atoms with Crippen LogP contribution in [0.5, 0.6) is 0 Å². The van der Waals surface area contributed by atoms with Gasteiger partial charge in [-0.25, -0.2) is 0 Å². The van der Waals surface area contributed by atoms with Gasteiger partial charge in [0.2, 0.25) is 0 Å². The third-order valence-electron chi connectivity index (χ3n) is 3.49. The fourth-order valence-corrected chi connectivity index (χ4v) is 2.74. The van der Waals surface area contributed by atoms with Crippen LogP contribution < -0.4 is 10.6 Å². The maximum Gasteiger partial charge on any atom is 0.326 e. The van der Waals surface area contributed by atoms with Crippen LogP contribution in [0.25, 0.3) is 0 Å². The zero-order valence-corrected chi connectivity index (χ0v) is 16.5. The largest absolute Gasteiger partial charge is 0.451 e. The van der Waals surface area contributed by atoms with Gasteiger partial charge in [-0.3, -0.25) is 14.4 Å². The monoisotopic (exact) mass is 477 g/mol. The first-order chi connectivity index (χ1) is 12.9. The van der Waals surface area contributed by atoms with Gasteiger partial charge in [0.1, 0.15) is 12.6 Å². The maximum atomic E-state index is 12.1. The Hall–Kier alpha value is -2.93. The van der Waals surface area contributed by atoms with Crippen molar-refractivity contribution in [3.8, 4) is 6.07 Å². The van der Waals surface area contributed by atoms with E-state index in [1.54, 1.807) is 48.5 Å². The van der Waals surface area contributed by atoms with E-state index in [2.05, 4.69) is 10.6 Å². The number of nitrogens with zero attached hydrogens (tertiary/aromatic N) is 1. The van der Waals surface area contributed by atoms with Gasteiger partial charge < -0.3 is 15.4 Å². The molecule has 2 aromatic rings. The van der Waals surface area contributed by atoms with Crippen molar-refractivity contribution in [2.45, 2.75) is 13.0 Å². The zero-order valence-electron chi connectivity index (χ0n) is 14.4. The van der Waals surface area contributed by atoms with E-state index in [1.807, 2.05) is 28.7 Å². The van der Waals surface area contributed by atoms with Crippen LogP contribution in [0.15, 0.2) is 48.5 Å². The highest BCUT2D eigenvalue weighted by molar-refractivity contribution is 14.1. The second-order valence-electron chi connectivity index (χ2n) is 5.44. The van der Waals surface area contributed by atoms with Crippen molar-refractivity contribution in [1.29, 1.82) is 5.26 Å². The van der Waals surface area contributed by atoms with Gasteiger partial charge in [0.05, 0.1) is 16.8 Å². The van der Waals surface area contributed by atoms with E-state index < -0.39 is 23.9 Å². The number of amides is 2. The second kappa shape index (κ2) is 9.68. The van der Waals surface area contributed by atoms with Gasteiger partial charge in [-0.1, -0.05) is 24.3 Å². The van der Waals surface area contributed by atoms with Crippen LogP contribution in [-0.2, 0) is 14.3 Å². The molecule has 0 heterocycles. The third-order valence-corrected chi connectivity index (χ3v) is 4.44. The minimum Gasteiger partial charge on any atom is -0.451 e. The second-order valence-corrected chi connectivity index (χ2v) is 6.60. The fourth-order valence-electron chi connectivity index (χ4n) is 2.11. The molecule has 0 aromatic heterocycles. The molecule has 0 saturated heterocycles. The summed E-state index contributed by atoms with van der Waals surface area (Å²) in [6.45, 7) is 1.04. The minimum absolute atomic E-state index is 0.300. The summed E-state index contributed by atoms with van der Waals surface area (Å²) in [6, 6.07) is 15.4. The highest BCUT2D eigenvalue weighted by Crippen LogP contribution is 2.14. The molecule has 8 heteroatoms. The van der Waals surface area contributed by atoms with E-state index in [0.29, 0.717) is 16.8 Å². The number of nitrogens with one attached hydrogen (secondary N) is 2. The summed E-state index contributed by atoms with van der Waals surface area (Å²) in [5.41, 5.74) is 1.08. The molecule has 0 saturated carbocycles. The van der Waals surface area contributed by atoms with E-state index in [0.717, 1.165) is 3.57 Å². The van der Waals surface area contributed by atoms with Crippen molar-refractivity contribution in [2.75, 3.05) is 11.9 Å². The van der Waals surface area contributed by atoms with Crippen molar-refractivity contribution in [1.82, 2.24) is 5.32 Å². The number of esters is 1. The molecule has 0 radical (unpaired) electrons. The van der Waals surface area contributed by atoms with Gasteiger partial charge >= 0.3 is 5.97 Å². The molecular formula is C19H16IN3O4. The lowest BCUT2D eigenvalue weighted by atomic mass is 10.2. The molecule has 0 bridgehead atoms. The molecule has 7 nitrogen and oxygen atoms in total.